The van der Waals surface area contributed by atoms with Crippen LogP contribution in [0.2, 0.25) is 6.82 Å². The van der Waals surface area contributed by atoms with Crippen LogP contribution < -0.4 is 0 Å². The summed E-state index contributed by atoms with van der Waals surface area (Å²) in [5.74, 6) is 4.56. The van der Waals surface area contributed by atoms with Gasteiger partial charge in [0.25, 0.3) is 0 Å². The molecule has 7 heteroatoms. The van der Waals surface area contributed by atoms with Crippen LogP contribution in [0.4, 0.5) is 0 Å². The highest BCUT2D eigenvalue weighted by Gasteiger charge is 2.38. The summed E-state index contributed by atoms with van der Waals surface area (Å²) in [6, 6.07) is 41.5. The van der Waals surface area contributed by atoms with Gasteiger partial charge in [0, 0.05) is 50.2 Å². The van der Waals surface area contributed by atoms with Gasteiger partial charge in [-0.05, 0) is 110 Å². The molecule has 63 heavy (non-hydrogen) atoms. The van der Waals surface area contributed by atoms with Crippen LogP contribution in [0, 0.1) is 6.92 Å². The molecule has 0 saturated carbocycles. The number of allylic oxidation sites excluding steroid dienone is 5. The standard InChI is InChI=1S/C56H49BN5O/c1-9-49-45(32-35(2)42-27-28-43-47(34-42)56(6,7)46-29-30-48-51(50(43)46)63-55(58-48)41-25-17-12-18-26-41)44(38(5)62(49)37(4)20-19-31-57-8)33-36(3)52-59-53(39-21-13-10-14-22-39)61-54(60-52)40-23-15-11-16-24-40/h9-34H,1H2,2-8H3/b31-19-,35-32+,36-33+,37-20+. The predicted molar refractivity (Wildman–Crippen MR) is 265 cm³/mol. The van der Waals surface area contributed by atoms with Gasteiger partial charge in [0.1, 0.15) is 12.8 Å². The molecule has 0 atom stereocenters. The van der Waals surface area contributed by atoms with Crippen molar-refractivity contribution in [3.8, 4) is 45.4 Å². The highest BCUT2D eigenvalue weighted by molar-refractivity contribution is 6.40. The Hall–Kier alpha value is -7.38. The predicted octanol–water partition coefficient (Wildman–Crippen LogP) is 14.3. The van der Waals surface area contributed by atoms with Crippen LogP contribution in [0.25, 0.3) is 91.5 Å². The molecule has 0 amide bonds. The third-order valence-electron chi connectivity index (χ3n) is 12.2. The minimum atomic E-state index is -0.251. The van der Waals surface area contributed by atoms with Crippen LogP contribution >= 0.6 is 0 Å². The molecule has 3 aromatic heterocycles. The molecule has 0 spiro atoms. The van der Waals surface area contributed by atoms with E-state index in [1.807, 2.05) is 117 Å². The summed E-state index contributed by atoms with van der Waals surface area (Å²) in [6.07, 6.45) is 10.7. The van der Waals surface area contributed by atoms with E-state index in [1.54, 1.807) is 0 Å². The second-order valence-electron chi connectivity index (χ2n) is 16.7. The highest BCUT2D eigenvalue weighted by Crippen LogP contribution is 2.52. The first kappa shape index (κ1) is 41.0. The van der Waals surface area contributed by atoms with E-state index in [4.69, 9.17) is 24.4 Å². The zero-order valence-electron chi connectivity index (χ0n) is 36.9. The van der Waals surface area contributed by atoms with Gasteiger partial charge in [0.2, 0.25) is 5.89 Å². The molecule has 0 N–H and O–H groups in total. The molecular weight excluding hydrogens is 769 g/mol. The van der Waals surface area contributed by atoms with Crippen molar-refractivity contribution >= 4 is 53.5 Å². The average molecular weight is 819 g/mol. The fraction of sp³-hybridized carbons (Fsp3) is 0.143. The molecule has 8 aromatic rings. The second-order valence-corrected chi connectivity index (χ2v) is 16.7. The first-order valence-corrected chi connectivity index (χ1v) is 21.5. The Morgan fingerprint density at radius 1 is 0.698 bits per heavy atom. The van der Waals surface area contributed by atoms with Gasteiger partial charge in [0.05, 0.1) is 5.69 Å². The van der Waals surface area contributed by atoms with E-state index in [0.29, 0.717) is 23.4 Å². The summed E-state index contributed by atoms with van der Waals surface area (Å²) in [5.41, 5.74) is 17.6. The quantitative estimate of drug-likeness (QED) is 0.0960. The van der Waals surface area contributed by atoms with Crippen LogP contribution in [0.15, 0.2) is 150 Å². The van der Waals surface area contributed by atoms with Gasteiger partial charge in [-0.2, -0.15) is 0 Å². The van der Waals surface area contributed by atoms with Crippen LogP contribution in [0.5, 0.6) is 0 Å². The van der Waals surface area contributed by atoms with Crippen molar-refractivity contribution in [3.05, 3.63) is 191 Å². The topological polar surface area (TPSA) is 69.6 Å². The van der Waals surface area contributed by atoms with Crippen molar-refractivity contribution < 1.29 is 4.42 Å². The molecule has 0 aliphatic heterocycles. The Labute approximate surface area is 371 Å². The van der Waals surface area contributed by atoms with Crippen LogP contribution in [0.3, 0.4) is 0 Å². The van der Waals surface area contributed by atoms with Crippen LogP contribution in [-0.4, -0.2) is 31.8 Å². The normalized spacial score (nSPS) is 13.7. The molecule has 1 aliphatic rings. The summed E-state index contributed by atoms with van der Waals surface area (Å²) in [7, 11) is 2.03. The maximum atomic E-state index is 6.57. The van der Waals surface area contributed by atoms with Crippen molar-refractivity contribution in [1.29, 1.82) is 0 Å². The molecule has 307 valence electrons. The first-order valence-electron chi connectivity index (χ1n) is 21.5. The zero-order chi connectivity index (χ0) is 43.8. The molecule has 6 nitrogen and oxygen atoms in total. The van der Waals surface area contributed by atoms with Gasteiger partial charge >= 0.3 is 0 Å². The number of benzene rings is 5. The first-order chi connectivity index (χ1) is 30.6. The Morgan fingerprint density at radius 2 is 1.32 bits per heavy atom. The van der Waals surface area contributed by atoms with E-state index in [1.165, 1.54) is 16.7 Å². The summed E-state index contributed by atoms with van der Waals surface area (Å²) < 4.78 is 8.86. The van der Waals surface area contributed by atoms with E-state index in [2.05, 4.69) is 107 Å². The molecule has 9 rings (SSSR count). The summed E-state index contributed by atoms with van der Waals surface area (Å²) in [4.78, 5) is 20.0. The summed E-state index contributed by atoms with van der Waals surface area (Å²) in [5, 5.41) is 0. The second kappa shape index (κ2) is 16.8. The van der Waals surface area contributed by atoms with Gasteiger partial charge in [-0.1, -0.05) is 130 Å². The molecule has 0 fully saturated rings. The molecule has 1 radical (unpaired) electrons. The lowest BCUT2D eigenvalue weighted by atomic mass is 9.81. The number of aromatic nitrogens is 5. The largest absolute Gasteiger partial charge is 0.435 e. The number of hydrogen-bond acceptors (Lipinski definition) is 5. The van der Waals surface area contributed by atoms with Crippen LogP contribution in [0.1, 0.15) is 79.6 Å². The molecular formula is C56H49BN5O. The fourth-order valence-corrected chi connectivity index (χ4v) is 8.84. The van der Waals surface area contributed by atoms with Crippen molar-refractivity contribution in [1.82, 2.24) is 24.5 Å². The highest BCUT2D eigenvalue weighted by atomic mass is 16.3. The van der Waals surface area contributed by atoms with Gasteiger partial charge < -0.3 is 8.98 Å². The number of fused-ring (bicyclic) bond motifs is 5. The number of nitrogens with zero attached hydrogens (tertiary/aromatic N) is 5. The molecule has 3 heterocycles. The number of rotatable bonds is 11. The minimum absolute atomic E-state index is 0.251. The van der Waals surface area contributed by atoms with Crippen molar-refractivity contribution in [2.45, 2.75) is 53.8 Å². The van der Waals surface area contributed by atoms with E-state index < -0.39 is 0 Å². The van der Waals surface area contributed by atoms with Gasteiger partial charge in [0.15, 0.2) is 23.1 Å². The lowest BCUT2D eigenvalue weighted by Crippen LogP contribution is -2.15. The van der Waals surface area contributed by atoms with E-state index in [9.17, 15) is 0 Å². The average Bonchev–Trinajstić information content (AvgIpc) is 3.94. The van der Waals surface area contributed by atoms with Crippen molar-refractivity contribution in [2.75, 3.05) is 0 Å². The zero-order valence-corrected chi connectivity index (χ0v) is 36.9. The number of hydrogen-bond donors (Lipinski definition) is 0. The van der Waals surface area contributed by atoms with Gasteiger partial charge in [-0.15, -0.1) is 5.98 Å². The monoisotopic (exact) mass is 818 g/mol. The third-order valence-corrected chi connectivity index (χ3v) is 12.2. The fourth-order valence-electron chi connectivity index (χ4n) is 8.84. The van der Waals surface area contributed by atoms with Crippen molar-refractivity contribution in [2.24, 2.45) is 0 Å². The van der Waals surface area contributed by atoms with E-state index in [0.717, 1.165) is 78.3 Å². The summed E-state index contributed by atoms with van der Waals surface area (Å²) >= 11 is 0. The Morgan fingerprint density at radius 3 is 1.94 bits per heavy atom. The van der Waals surface area contributed by atoms with Crippen LogP contribution in [-0.2, 0) is 5.41 Å². The lowest BCUT2D eigenvalue weighted by Gasteiger charge is -2.22. The maximum absolute atomic E-state index is 6.57. The van der Waals surface area contributed by atoms with E-state index in [-0.39, 0.29) is 5.41 Å². The van der Waals surface area contributed by atoms with Gasteiger partial charge in [-0.3, -0.25) is 0 Å². The summed E-state index contributed by atoms with van der Waals surface area (Å²) in [6.45, 7) is 19.6. The number of oxazole rings is 1. The minimum Gasteiger partial charge on any atom is -0.435 e. The lowest BCUT2D eigenvalue weighted by molar-refractivity contribution is 0.618. The third kappa shape index (κ3) is 7.54. The Bertz CT molecular complexity index is 3110. The molecule has 0 unspecified atom stereocenters. The molecule has 5 aromatic carbocycles. The SMILES string of the molecule is C=Cc1c(/C=C(\C)c2ccc3c(c2)C(C)(C)c2ccc4nc(-c5ccccc5)oc4c2-3)c(/C=C(\C)c2nc(-c3ccccc3)nc(-c3ccccc3)n2)c(C)n1/C(C)=C/C=C\[B]C. The Balaban J connectivity index is 1.18. The Kier molecular flexibility index (Phi) is 10.9. The van der Waals surface area contributed by atoms with Crippen molar-refractivity contribution in [3.63, 3.8) is 0 Å². The molecule has 0 bridgehead atoms. The van der Waals surface area contributed by atoms with E-state index >= 15 is 0 Å². The molecule has 0 saturated heterocycles. The maximum Gasteiger partial charge on any atom is 0.227 e. The van der Waals surface area contributed by atoms with Gasteiger partial charge in [-0.25, -0.2) is 19.9 Å². The smallest absolute Gasteiger partial charge is 0.227 e. The molecule has 1 aliphatic carbocycles.